The molecule has 76 heavy (non-hydrogen) atoms. The van der Waals surface area contributed by atoms with Crippen LogP contribution in [0.3, 0.4) is 0 Å². The highest BCUT2D eigenvalue weighted by atomic mass is 16.6. The minimum absolute atomic E-state index is 0.0764. The van der Waals surface area contributed by atoms with Gasteiger partial charge in [-0.2, -0.15) is 0 Å². The molecule has 0 aliphatic heterocycles. The van der Waals surface area contributed by atoms with E-state index in [9.17, 15) is 14.4 Å². The predicted octanol–water partition coefficient (Wildman–Crippen LogP) is 23.2. The van der Waals surface area contributed by atoms with Crippen molar-refractivity contribution in [3.05, 3.63) is 36.5 Å². The van der Waals surface area contributed by atoms with Crippen LogP contribution in [0.25, 0.3) is 0 Å². The average Bonchev–Trinajstić information content (AvgIpc) is 3.42. The molecule has 0 aliphatic carbocycles. The molecule has 0 aliphatic rings. The standard InChI is InChI=1S/C70H130O6/c1-4-7-10-13-16-19-22-25-28-30-31-32-33-34-35-36-37-38-39-40-41-43-45-48-51-54-57-60-63-69(72)75-66-67(65-74-68(71)62-59-56-53-50-47-44-27-24-21-18-15-12-9-6-3)76-70(73)64-61-58-55-52-49-46-42-29-26-23-20-17-14-11-8-5-2/h20,23-24,27,29,42,67H,4-19,21-22,25-26,28,30-41,43-66H2,1-3H3/b23-20-,27-24-,42-29-. The van der Waals surface area contributed by atoms with Crippen molar-refractivity contribution in [3.8, 4) is 0 Å². The molecule has 0 radical (unpaired) electrons. The summed E-state index contributed by atoms with van der Waals surface area (Å²) in [5.74, 6) is -0.875. The van der Waals surface area contributed by atoms with Gasteiger partial charge in [-0.3, -0.25) is 14.4 Å². The van der Waals surface area contributed by atoms with Crippen LogP contribution in [0.1, 0.15) is 374 Å². The van der Waals surface area contributed by atoms with E-state index in [0.29, 0.717) is 19.3 Å². The smallest absolute Gasteiger partial charge is 0.306 e. The molecular formula is C70H130O6. The first kappa shape index (κ1) is 73.6. The molecule has 1 unspecified atom stereocenters. The van der Waals surface area contributed by atoms with Gasteiger partial charge in [0.15, 0.2) is 6.10 Å². The van der Waals surface area contributed by atoms with E-state index in [2.05, 4.69) is 57.2 Å². The summed E-state index contributed by atoms with van der Waals surface area (Å²) in [5, 5.41) is 0. The van der Waals surface area contributed by atoms with Gasteiger partial charge in [0.25, 0.3) is 0 Å². The number of carbonyl (C=O) groups excluding carboxylic acids is 3. The van der Waals surface area contributed by atoms with Crippen LogP contribution in [0.15, 0.2) is 36.5 Å². The van der Waals surface area contributed by atoms with Crippen molar-refractivity contribution >= 4 is 17.9 Å². The zero-order chi connectivity index (χ0) is 55.0. The zero-order valence-corrected chi connectivity index (χ0v) is 51.3. The quantitative estimate of drug-likeness (QED) is 0.0261. The van der Waals surface area contributed by atoms with Crippen LogP contribution in [-0.4, -0.2) is 37.2 Å². The van der Waals surface area contributed by atoms with Gasteiger partial charge in [0.1, 0.15) is 13.2 Å². The van der Waals surface area contributed by atoms with Crippen molar-refractivity contribution in [1.29, 1.82) is 0 Å². The minimum Gasteiger partial charge on any atom is -0.462 e. The number of hydrogen-bond donors (Lipinski definition) is 0. The normalized spacial score (nSPS) is 12.2. The highest BCUT2D eigenvalue weighted by molar-refractivity contribution is 5.71. The topological polar surface area (TPSA) is 78.9 Å². The lowest BCUT2D eigenvalue weighted by molar-refractivity contribution is -0.167. The summed E-state index contributed by atoms with van der Waals surface area (Å²) >= 11 is 0. The molecule has 0 fully saturated rings. The Bertz CT molecular complexity index is 1270. The molecule has 0 N–H and O–H groups in total. The Morgan fingerprint density at radius 3 is 0.750 bits per heavy atom. The van der Waals surface area contributed by atoms with Gasteiger partial charge in [0.2, 0.25) is 0 Å². The Hall–Kier alpha value is -2.37. The molecular weight excluding hydrogens is 937 g/mol. The highest BCUT2D eigenvalue weighted by Gasteiger charge is 2.19. The van der Waals surface area contributed by atoms with E-state index in [4.69, 9.17) is 14.2 Å². The maximum absolute atomic E-state index is 12.9. The molecule has 0 heterocycles. The fourth-order valence-electron chi connectivity index (χ4n) is 10.2. The summed E-state index contributed by atoms with van der Waals surface area (Å²) in [5.41, 5.74) is 0. The van der Waals surface area contributed by atoms with Gasteiger partial charge in [0.05, 0.1) is 0 Å². The van der Waals surface area contributed by atoms with Crippen LogP contribution in [0.4, 0.5) is 0 Å². The van der Waals surface area contributed by atoms with Gasteiger partial charge in [-0.05, 0) is 77.0 Å². The maximum Gasteiger partial charge on any atom is 0.306 e. The molecule has 0 aromatic carbocycles. The van der Waals surface area contributed by atoms with Crippen LogP contribution >= 0.6 is 0 Å². The third-order valence-corrected chi connectivity index (χ3v) is 15.4. The van der Waals surface area contributed by atoms with Crippen LogP contribution in [0, 0.1) is 0 Å². The molecule has 0 bridgehead atoms. The Kier molecular flexibility index (Phi) is 63.1. The number of esters is 3. The van der Waals surface area contributed by atoms with Crippen LogP contribution < -0.4 is 0 Å². The second kappa shape index (κ2) is 65.2. The van der Waals surface area contributed by atoms with Crippen LogP contribution in [-0.2, 0) is 28.6 Å². The summed E-state index contributed by atoms with van der Waals surface area (Å²) < 4.78 is 16.9. The van der Waals surface area contributed by atoms with E-state index >= 15 is 0 Å². The molecule has 0 saturated carbocycles. The van der Waals surface area contributed by atoms with Crippen molar-refractivity contribution in [3.63, 3.8) is 0 Å². The first-order valence-electron chi connectivity index (χ1n) is 34.0. The molecule has 446 valence electrons. The number of carbonyl (C=O) groups is 3. The second-order valence-electron chi connectivity index (χ2n) is 23.1. The molecule has 6 nitrogen and oxygen atoms in total. The first-order valence-corrected chi connectivity index (χ1v) is 34.0. The van der Waals surface area contributed by atoms with E-state index in [1.54, 1.807) is 0 Å². The second-order valence-corrected chi connectivity index (χ2v) is 23.1. The van der Waals surface area contributed by atoms with E-state index in [-0.39, 0.29) is 31.1 Å². The molecule has 0 amide bonds. The Morgan fingerprint density at radius 1 is 0.263 bits per heavy atom. The fourth-order valence-corrected chi connectivity index (χ4v) is 10.2. The lowest BCUT2D eigenvalue weighted by Gasteiger charge is -2.18. The maximum atomic E-state index is 12.9. The van der Waals surface area contributed by atoms with Crippen molar-refractivity contribution in [2.45, 2.75) is 380 Å². The summed E-state index contributed by atoms with van der Waals surface area (Å²) in [6.45, 7) is 6.66. The van der Waals surface area contributed by atoms with Crippen molar-refractivity contribution in [2.24, 2.45) is 0 Å². The van der Waals surface area contributed by atoms with Crippen molar-refractivity contribution in [1.82, 2.24) is 0 Å². The third kappa shape index (κ3) is 62.5. The molecule has 0 aromatic rings. The molecule has 0 rings (SSSR count). The van der Waals surface area contributed by atoms with Gasteiger partial charge in [-0.15, -0.1) is 0 Å². The minimum atomic E-state index is -0.781. The number of unbranched alkanes of at least 4 members (excludes halogenated alkanes) is 46. The SMILES string of the molecule is CCCCCC/C=C\C/C=C\CCCCCCCC(=O)OC(COC(=O)CCCCCCC/C=C\CCCCCCC)COC(=O)CCCCCCCCCCCCCCCCCCCCCCCCCCCCCC. The van der Waals surface area contributed by atoms with Crippen molar-refractivity contribution < 1.29 is 28.6 Å². The average molecular weight is 1070 g/mol. The molecule has 0 aromatic heterocycles. The monoisotopic (exact) mass is 1070 g/mol. The third-order valence-electron chi connectivity index (χ3n) is 15.4. The van der Waals surface area contributed by atoms with E-state index in [1.807, 2.05) is 0 Å². The van der Waals surface area contributed by atoms with E-state index < -0.39 is 6.10 Å². The van der Waals surface area contributed by atoms with Crippen LogP contribution in [0.5, 0.6) is 0 Å². The predicted molar refractivity (Wildman–Crippen MR) is 330 cm³/mol. The van der Waals surface area contributed by atoms with Gasteiger partial charge in [-0.25, -0.2) is 0 Å². The van der Waals surface area contributed by atoms with Crippen LogP contribution in [0.2, 0.25) is 0 Å². The summed E-state index contributed by atoms with van der Waals surface area (Å²) in [4.78, 5) is 38.3. The largest absolute Gasteiger partial charge is 0.462 e. The van der Waals surface area contributed by atoms with Gasteiger partial charge in [0, 0.05) is 19.3 Å². The molecule has 1 atom stereocenters. The fraction of sp³-hybridized carbons (Fsp3) is 0.871. The first-order chi connectivity index (χ1) is 37.5. The Labute approximate surface area is 474 Å². The number of allylic oxidation sites excluding steroid dienone is 6. The van der Waals surface area contributed by atoms with Crippen molar-refractivity contribution in [2.75, 3.05) is 13.2 Å². The lowest BCUT2D eigenvalue weighted by atomic mass is 10.0. The van der Waals surface area contributed by atoms with E-state index in [0.717, 1.165) is 89.9 Å². The summed E-state index contributed by atoms with van der Waals surface area (Å²) in [6.07, 6.45) is 80.3. The highest BCUT2D eigenvalue weighted by Crippen LogP contribution is 2.18. The summed E-state index contributed by atoms with van der Waals surface area (Å²) in [7, 11) is 0. The number of ether oxygens (including phenoxy) is 3. The molecule has 6 heteroatoms. The van der Waals surface area contributed by atoms with Gasteiger partial charge < -0.3 is 14.2 Å². The number of rotatable bonds is 63. The zero-order valence-electron chi connectivity index (χ0n) is 51.3. The Morgan fingerprint density at radius 2 is 0.474 bits per heavy atom. The lowest BCUT2D eigenvalue weighted by Crippen LogP contribution is -2.30. The molecule has 0 spiro atoms. The van der Waals surface area contributed by atoms with E-state index in [1.165, 1.54) is 244 Å². The summed E-state index contributed by atoms with van der Waals surface area (Å²) in [6, 6.07) is 0. The Balaban J connectivity index is 4.20. The number of hydrogen-bond acceptors (Lipinski definition) is 6. The van der Waals surface area contributed by atoms with Gasteiger partial charge in [-0.1, -0.05) is 314 Å². The van der Waals surface area contributed by atoms with Gasteiger partial charge >= 0.3 is 17.9 Å². The molecule has 0 saturated heterocycles.